The van der Waals surface area contributed by atoms with Crippen LogP contribution in [0.25, 0.3) is 5.57 Å². The molecule has 188 valence electrons. The molecule has 0 radical (unpaired) electrons. The molecule has 0 aromatic heterocycles. The number of unbranched alkanes of at least 4 members (excludes halogenated alkanes) is 2. The van der Waals surface area contributed by atoms with E-state index < -0.39 is 0 Å². The summed E-state index contributed by atoms with van der Waals surface area (Å²) in [6.45, 7) is 16.4. The van der Waals surface area contributed by atoms with E-state index in [4.69, 9.17) is 14.6 Å². The van der Waals surface area contributed by atoms with Crippen LogP contribution < -0.4 is 4.74 Å². The maximum atomic E-state index is 11.7. The maximum absolute atomic E-state index is 11.7. The number of benzene rings is 1. The number of ether oxygens (including phenoxy) is 2. The highest BCUT2D eigenvalue weighted by atomic mass is 16.5. The van der Waals surface area contributed by atoms with Crippen molar-refractivity contribution in [3.63, 3.8) is 0 Å². The number of hydrogen-bond acceptors (Lipinski definition) is 4. The van der Waals surface area contributed by atoms with E-state index in [9.17, 15) is 4.79 Å². The lowest BCUT2D eigenvalue weighted by molar-refractivity contribution is -0.137. The first kappa shape index (κ1) is 27.9. The number of carbonyl (C=O) groups excluding carboxylic acids is 1. The molecule has 0 bridgehead atoms. The molecular weight excluding hydrogens is 424 g/mol. The van der Waals surface area contributed by atoms with Crippen molar-refractivity contribution in [1.29, 1.82) is 0 Å². The summed E-state index contributed by atoms with van der Waals surface area (Å²) in [5.41, 5.74) is 6.10. The first-order chi connectivity index (χ1) is 16.0. The fourth-order valence-electron chi connectivity index (χ4n) is 4.45. The summed E-state index contributed by atoms with van der Waals surface area (Å²) < 4.78 is 11.3. The van der Waals surface area contributed by atoms with Crippen LogP contribution in [0.5, 0.6) is 5.75 Å². The average Bonchev–Trinajstić information content (AvgIpc) is 2.76. The van der Waals surface area contributed by atoms with Crippen LogP contribution in [0.4, 0.5) is 0 Å². The summed E-state index contributed by atoms with van der Waals surface area (Å²) in [6, 6.07) is 4.60. The summed E-state index contributed by atoms with van der Waals surface area (Å²) >= 11 is 0. The number of carbonyl (C=O) groups is 1. The van der Waals surface area contributed by atoms with Gasteiger partial charge in [0.25, 0.3) is 0 Å². The second-order valence-corrected chi connectivity index (χ2v) is 10.6. The Bertz CT molecular complexity index is 931. The molecule has 1 N–H and O–H groups in total. The summed E-state index contributed by atoms with van der Waals surface area (Å²) in [7, 11) is 0. The number of aliphatic hydroxyl groups excluding tert-OH is 1. The minimum Gasteiger partial charge on any atom is -0.493 e. The lowest BCUT2D eigenvalue weighted by atomic mass is 9.62. The van der Waals surface area contributed by atoms with Crippen molar-refractivity contribution in [2.24, 2.45) is 0 Å². The van der Waals surface area contributed by atoms with Gasteiger partial charge in [0.15, 0.2) is 0 Å². The molecule has 2 rings (SSSR count). The van der Waals surface area contributed by atoms with Gasteiger partial charge in [0.05, 0.1) is 13.2 Å². The Morgan fingerprint density at radius 2 is 1.68 bits per heavy atom. The van der Waals surface area contributed by atoms with Gasteiger partial charge in [-0.15, -0.1) is 0 Å². The molecule has 0 spiro atoms. The van der Waals surface area contributed by atoms with Crippen LogP contribution >= 0.6 is 0 Å². The summed E-state index contributed by atoms with van der Waals surface area (Å²) in [6.07, 6.45) is 12.5. The molecule has 4 nitrogen and oxygen atoms in total. The highest BCUT2D eigenvalue weighted by molar-refractivity contribution is 5.83. The third-order valence-corrected chi connectivity index (χ3v) is 6.78. The summed E-state index contributed by atoms with van der Waals surface area (Å²) in [5.74, 6) is 0.608. The molecule has 34 heavy (non-hydrogen) atoms. The second kappa shape index (κ2) is 12.4. The standard InChI is InChI=1S/C30H44O4/c1-8-33-28(32)19-22(2)13-12-14-23(3)24-20-25-26(30(6,7)16-15-29(25,4)5)21-27(24)34-18-11-9-10-17-31/h12-14,19-21,31H,8-11,15-18H2,1-7H3/b13-12+,22-19+,23-14-. The highest BCUT2D eigenvalue weighted by Crippen LogP contribution is 2.48. The monoisotopic (exact) mass is 468 g/mol. The average molecular weight is 469 g/mol. The SMILES string of the molecule is CCOC(=O)/C=C(C)/C=C/C=C(/C)c1cc2c(cc1OCCCCCO)C(C)(C)CCC2(C)C. The van der Waals surface area contributed by atoms with Crippen molar-refractivity contribution in [3.05, 3.63) is 58.7 Å². The predicted octanol–water partition coefficient (Wildman–Crippen LogP) is 7.05. The zero-order valence-corrected chi connectivity index (χ0v) is 22.3. The molecule has 0 fully saturated rings. The Balaban J connectivity index is 2.40. The van der Waals surface area contributed by atoms with E-state index in [0.717, 1.165) is 54.6 Å². The van der Waals surface area contributed by atoms with Crippen LogP contribution in [0, 0.1) is 0 Å². The van der Waals surface area contributed by atoms with Crippen molar-refractivity contribution in [1.82, 2.24) is 0 Å². The van der Waals surface area contributed by atoms with E-state index in [1.165, 1.54) is 17.2 Å². The van der Waals surface area contributed by atoms with Crippen LogP contribution in [0.2, 0.25) is 0 Å². The molecule has 0 unspecified atom stereocenters. The molecule has 1 aliphatic carbocycles. The van der Waals surface area contributed by atoms with Crippen molar-refractivity contribution in [2.75, 3.05) is 19.8 Å². The third kappa shape index (κ3) is 7.59. The topological polar surface area (TPSA) is 55.8 Å². The van der Waals surface area contributed by atoms with Crippen molar-refractivity contribution < 1.29 is 19.4 Å². The Morgan fingerprint density at radius 1 is 1.03 bits per heavy atom. The van der Waals surface area contributed by atoms with E-state index in [2.05, 4.69) is 52.8 Å². The van der Waals surface area contributed by atoms with Crippen LogP contribution in [-0.2, 0) is 20.4 Å². The van der Waals surface area contributed by atoms with E-state index in [-0.39, 0.29) is 23.4 Å². The number of allylic oxidation sites excluding steroid dienone is 5. The van der Waals surface area contributed by atoms with Gasteiger partial charge in [-0.05, 0) is 98.1 Å². The first-order valence-electron chi connectivity index (χ1n) is 12.6. The van der Waals surface area contributed by atoms with Gasteiger partial charge in [0, 0.05) is 18.2 Å². The van der Waals surface area contributed by atoms with E-state index in [1.807, 2.05) is 19.1 Å². The molecule has 0 heterocycles. The number of hydrogen-bond donors (Lipinski definition) is 1. The number of rotatable bonds is 11. The predicted molar refractivity (Wildman–Crippen MR) is 141 cm³/mol. The molecular formula is C30H44O4. The zero-order valence-electron chi connectivity index (χ0n) is 22.3. The van der Waals surface area contributed by atoms with Crippen molar-refractivity contribution in [2.45, 2.75) is 91.4 Å². The molecule has 1 aliphatic rings. The lowest BCUT2D eigenvalue weighted by Gasteiger charge is -2.42. The Morgan fingerprint density at radius 3 is 2.29 bits per heavy atom. The normalized spacial score (nSPS) is 17.5. The fraction of sp³-hybridized carbons (Fsp3) is 0.567. The molecule has 0 saturated heterocycles. The third-order valence-electron chi connectivity index (χ3n) is 6.78. The Labute approximate surface area is 206 Å². The molecule has 1 aromatic rings. The van der Waals surface area contributed by atoms with Gasteiger partial charge >= 0.3 is 5.97 Å². The van der Waals surface area contributed by atoms with Crippen molar-refractivity contribution >= 4 is 11.5 Å². The van der Waals surface area contributed by atoms with E-state index in [1.54, 1.807) is 6.92 Å². The quantitative estimate of drug-likeness (QED) is 0.164. The minimum absolute atomic E-state index is 0.116. The van der Waals surface area contributed by atoms with Gasteiger partial charge in [-0.2, -0.15) is 0 Å². The van der Waals surface area contributed by atoms with Gasteiger partial charge in [-0.25, -0.2) is 4.79 Å². The van der Waals surface area contributed by atoms with Crippen LogP contribution in [0.15, 0.2) is 42.0 Å². The van der Waals surface area contributed by atoms with Gasteiger partial charge in [-0.1, -0.05) is 45.9 Å². The minimum atomic E-state index is -0.318. The highest BCUT2D eigenvalue weighted by Gasteiger charge is 2.38. The molecule has 0 aliphatic heterocycles. The first-order valence-corrected chi connectivity index (χ1v) is 12.6. The van der Waals surface area contributed by atoms with Crippen LogP contribution in [0.3, 0.4) is 0 Å². The zero-order chi connectivity index (χ0) is 25.4. The molecule has 0 saturated carbocycles. The van der Waals surface area contributed by atoms with Gasteiger partial charge < -0.3 is 14.6 Å². The molecule has 0 atom stereocenters. The van der Waals surface area contributed by atoms with Gasteiger partial charge in [0.2, 0.25) is 0 Å². The van der Waals surface area contributed by atoms with Crippen molar-refractivity contribution in [3.8, 4) is 5.75 Å². The van der Waals surface area contributed by atoms with Gasteiger partial charge in [-0.3, -0.25) is 0 Å². The smallest absolute Gasteiger partial charge is 0.330 e. The van der Waals surface area contributed by atoms with Crippen LogP contribution in [-0.4, -0.2) is 30.9 Å². The number of fused-ring (bicyclic) bond motifs is 1. The van der Waals surface area contributed by atoms with Crippen LogP contribution in [0.1, 0.15) is 97.3 Å². The summed E-state index contributed by atoms with van der Waals surface area (Å²) in [5, 5.41) is 9.05. The molecule has 1 aromatic carbocycles. The van der Waals surface area contributed by atoms with E-state index >= 15 is 0 Å². The second-order valence-electron chi connectivity index (χ2n) is 10.6. The fourth-order valence-corrected chi connectivity index (χ4v) is 4.45. The molecule has 4 heteroatoms. The Hall–Kier alpha value is -2.33. The number of aliphatic hydroxyl groups is 1. The largest absolute Gasteiger partial charge is 0.493 e. The van der Waals surface area contributed by atoms with Gasteiger partial charge in [0.1, 0.15) is 5.75 Å². The lowest BCUT2D eigenvalue weighted by Crippen LogP contribution is -2.34. The maximum Gasteiger partial charge on any atom is 0.330 e. The Kier molecular flexibility index (Phi) is 10.2. The summed E-state index contributed by atoms with van der Waals surface area (Å²) in [4.78, 5) is 11.7. The molecule has 0 amide bonds. The number of esters is 1. The van der Waals surface area contributed by atoms with E-state index in [0.29, 0.717) is 13.2 Å².